The Labute approximate surface area is 149 Å². The molecule has 0 aromatic heterocycles. The van der Waals surface area contributed by atoms with Gasteiger partial charge in [0.15, 0.2) is 0 Å². The van der Waals surface area contributed by atoms with Crippen LogP contribution in [0.25, 0.3) is 0 Å². The van der Waals surface area contributed by atoms with Crippen molar-refractivity contribution in [3.8, 4) is 0 Å². The first-order valence-corrected chi connectivity index (χ1v) is 8.98. The van der Waals surface area contributed by atoms with Gasteiger partial charge in [0, 0.05) is 18.9 Å². The minimum atomic E-state index is -0.290. The van der Waals surface area contributed by atoms with Crippen molar-refractivity contribution in [2.24, 2.45) is 17.3 Å². The molecule has 1 aromatic rings. The highest BCUT2D eigenvalue weighted by Gasteiger charge is 2.38. The van der Waals surface area contributed by atoms with E-state index in [4.69, 9.17) is 0 Å². The molecule has 0 bridgehead atoms. The third-order valence-corrected chi connectivity index (χ3v) is 4.52. The summed E-state index contributed by atoms with van der Waals surface area (Å²) >= 11 is 0. The van der Waals surface area contributed by atoms with Crippen LogP contribution >= 0.6 is 0 Å². The summed E-state index contributed by atoms with van der Waals surface area (Å²) in [6, 6.07) is 6.07. The van der Waals surface area contributed by atoms with E-state index in [2.05, 4.69) is 38.3 Å². The number of nitrogens with one attached hydrogen (secondary N) is 2. The fraction of sp³-hybridized carbons (Fsp3) is 0.600. The summed E-state index contributed by atoms with van der Waals surface area (Å²) in [4.78, 5) is 24.1. The molecule has 0 radical (unpaired) electrons. The summed E-state index contributed by atoms with van der Waals surface area (Å²) in [6.07, 6.45) is 1.93. The number of hydrogen-bond donors (Lipinski definition) is 2. The Bertz CT molecular complexity index is 607. The molecule has 2 rings (SSSR count). The van der Waals surface area contributed by atoms with E-state index in [-0.39, 0.29) is 41.4 Å². The predicted octanol–water partition coefficient (Wildman–Crippen LogP) is 3.58. The maximum absolute atomic E-state index is 13.2. The van der Waals surface area contributed by atoms with Crippen LogP contribution < -0.4 is 10.6 Å². The van der Waals surface area contributed by atoms with Gasteiger partial charge in [0.1, 0.15) is 5.82 Å². The Morgan fingerprint density at radius 1 is 1.24 bits per heavy atom. The molecule has 1 saturated carbocycles. The lowest BCUT2D eigenvalue weighted by atomic mass is 9.85. The SMILES string of the molecule is C[C@@H]1C[C@H]1C(=O)NCCC(=O)N[C@@H](CC(C)(C)C)c1ccc(F)cc1. The lowest BCUT2D eigenvalue weighted by Gasteiger charge is -2.27. The third kappa shape index (κ3) is 6.48. The van der Waals surface area contributed by atoms with Gasteiger partial charge in [-0.15, -0.1) is 0 Å². The van der Waals surface area contributed by atoms with Crippen LogP contribution in [0.2, 0.25) is 0 Å². The second kappa shape index (κ2) is 7.98. The van der Waals surface area contributed by atoms with Crippen LogP contribution in [0.4, 0.5) is 4.39 Å². The highest BCUT2D eigenvalue weighted by atomic mass is 19.1. The molecule has 0 heterocycles. The number of carbonyl (C=O) groups is 2. The zero-order valence-corrected chi connectivity index (χ0v) is 15.6. The van der Waals surface area contributed by atoms with Gasteiger partial charge in [-0.1, -0.05) is 39.8 Å². The molecular formula is C20H29FN2O2. The van der Waals surface area contributed by atoms with Crippen molar-refractivity contribution in [1.82, 2.24) is 10.6 Å². The van der Waals surface area contributed by atoms with Gasteiger partial charge in [-0.3, -0.25) is 9.59 Å². The Balaban J connectivity index is 1.88. The zero-order chi connectivity index (χ0) is 18.6. The maximum atomic E-state index is 13.2. The number of hydrogen-bond acceptors (Lipinski definition) is 2. The molecular weight excluding hydrogens is 319 g/mol. The minimum absolute atomic E-state index is 0.0165. The topological polar surface area (TPSA) is 58.2 Å². The molecule has 0 unspecified atom stereocenters. The standard InChI is InChI=1S/C20H29FN2O2/c1-13-11-16(13)19(25)22-10-9-18(24)23-17(12-20(2,3)4)14-5-7-15(21)8-6-14/h5-8,13,16-17H,9-12H2,1-4H3,(H,22,25)(H,23,24)/t13-,16-,17+/m1/s1. The molecule has 4 nitrogen and oxygen atoms in total. The van der Waals surface area contributed by atoms with Crippen molar-refractivity contribution in [3.63, 3.8) is 0 Å². The maximum Gasteiger partial charge on any atom is 0.223 e. The molecule has 0 spiro atoms. The van der Waals surface area contributed by atoms with E-state index in [1.807, 2.05) is 0 Å². The van der Waals surface area contributed by atoms with Crippen LogP contribution in [0.5, 0.6) is 0 Å². The van der Waals surface area contributed by atoms with Crippen molar-refractivity contribution in [1.29, 1.82) is 0 Å². The molecule has 2 amide bonds. The number of carbonyl (C=O) groups excluding carboxylic acids is 2. The second-order valence-corrected chi connectivity index (χ2v) is 8.30. The van der Waals surface area contributed by atoms with Crippen LogP contribution in [0.3, 0.4) is 0 Å². The van der Waals surface area contributed by atoms with Crippen LogP contribution in [-0.2, 0) is 9.59 Å². The van der Waals surface area contributed by atoms with Crippen molar-refractivity contribution < 1.29 is 14.0 Å². The first-order chi connectivity index (χ1) is 11.7. The Morgan fingerprint density at radius 3 is 2.36 bits per heavy atom. The average Bonchev–Trinajstić information content (AvgIpc) is 3.23. The zero-order valence-electron chi connectivity index (χ0n) is 15.6. The van der Waals surface area contributed by atoms with Crippen molar-refractivity contribution in [3.05, 3.63) is 35.6 Å². The smallest absolute Gasteiger partial charge is 0.223 e. The van der Waals surface area contributed by atoms with Gasteiger partial charge >= 0.3 is 0 Å². The van der Waals surface area contributed by atoms with Crippen molar-refractivity contribution >= 4 is 11.8 Å². The van der Waals surface area contributed by atoms with E-state index < -0.39 is 0 Å². The average molecular weight is 348 g/mol. The van der Waals surface area contributed by atoms with Gasteiger partial charge in [-0.25, -0.2) is 4.39 Å². The molecule has 3 atom stereocenters. The summed E-state index contributed by atoms with van der Waals surface area (Å²) < 4.78 is 13.2. The Hall–Kier alpha value is -1.91. The lowest BCUT2D eigenvalue weighted by molar-refractivity contribution is -0.123. The summed E-state index contributed by atoms with van der Waals surface area (Å²) in [5.74, 6) is 0.230. The molecule has 0 saturated heterocycles. The van der Waals surface area contributed by atoms with E-state index in [0.29, 0.717) is 12.5 Å². The van der Waals surface area contributed by atoms with Gasteiger partial charge < -0.3 is 10.6 Å². The summed E-state index contributed by atoms with van der Waals surface area (Å²) in [5, 5.41) is 5.85. The fourth-order valence-electron chi connectivity index (χ4n) is 2.94. The molecule has 2 N–H and O–H groups in total. The van der Waals surface area contributed by atoms with Crippen molar-refractivity contribution in [2.45, 2.75) is 53.0 Å². The van der Waals surface area contributed by atoms with E-state index in [1.165, 1.54) is 12.1 Å². The first-order valence-electron chi connectivity index (χ1n) is 8.98. The molecule has 0 aliphatic heterocycles. The summed E-state index contributed by atoms with van der Waals surface area (Å²) in [6.45, 7) is 8.71. The van der Waals surface area contributed by atoms with Gasteiger partial charge in [0.25, 0.3) is 0 Å². The Morgan fingerprint density at radius 2 is 1.84 bits per heavy atom. The normalized spacial score (nSPS) is 20.7. The molecule has 1 aliphatic carbocycles. The van der Waals surface area contributed by atoms with Crippen LogP contribution in [0.15, 0.2) is 24.3 Å². The van der Waals surface area contributed by atoms with Crippen LogP contribution in [0, 0.1) is 23.1 Å². The quantitative estimate of drug-likeness (QED) is 0.791. The van der Waals surface area contributed by atoms with Gasteiger partial charge in [-0.05, 0) is 41.9 Å². The summed E-state index contributed by atoms with van der Waals surface area (Å²) in [5.41, 5.74) is 0.906. The molecule has 25 heavy (non-hydrogen) atoms. The molecule has 138 valence electrons. The minimum Gasteiger partial charge on any atom is -0.355 e. The molecule has 1 aromatic carbocycles. The predicted molar refractivity (Wildman–Crippen MR) is 96.3 cm³/mol. The van der Waals surface area contributed by atoms with Crippen molar-refractivity contribution in [2.75, 3.05) is 6.54 Å². The highest BCUT2D eigenvalue weighted by molar-refractivity contribution is 5.82. The number of benzene rings is 1. The first kappa shape index (κ1) is 19.4. The molecule has 5 heteroatoms. The van der Waals surface area contributed by atoms with E-state index in [9.17, 15) is 14.0 Å². The fourth-order valence-corrected chi connectivity index (χ4v) is 2.94. The lowest BCUT2D eigenvalue weighted by Crippen LogP contribution is -2.34. The molecule has 1 fully saturated rings. The number of amides is 2. The highest BCUT2D eigenvalue weighted by Crippen LogP contribution is 2.37. The number of halogens is 1. The Kier molecular flexibility index (Phi) is 6.20. The van der Waals surface area contributed by atoms with E-state index >= 15 is 0 Å². The van der Waals surface area contributed by atoms with Gasteiger partial charge in [0.2, 0.25) is 11.8 Å². The summed E-state index contributed by atoms with van der Waals surface area (Å²) in [7, 11) is 0. The number of rotatable bonds is 7. The molecule has 1 aliphatic rings. The monoisotopic (exact) mass is 348 g/mol. The van der Waals surface area contributed by atoms with Gasteiger partial charge in [-0.2, -0.15) is 0 Å². The van der Waals surface area contributed by atoms with E-state index in [1.54, 1.807) is 12.1 Å². The largest absolute Gasteiger partial charge is 0.355 e. The third-order valence-electron chi connectivity index (χ3n) is 4.52. The van der Waals surface area contributed by atoms with E-state index in [0.717, 1.165) is 18.4 Å². The van der Waals surface area contributed by atoms with Crippen LogP contribution in [0.1, 0.15) is 58.6 Å². The second-order valence-electron chi connectivity index (χ2n) is 8.30. The van der Waals surface area contributed by atoms with Crippen LogP contribution in [-0.4, -0.2) is 18.4 Å². The van der Waals surface area contributed by atoms with Gasteiger partial charge in [0.05, 0.1) is 6.04 Å².